The molecule has 22 heavy (non-hydrogen) atoms. The Balaban J connectivity index is 1.76. The highest BCUT2D eigenvalue weighted by Crippen LogP contribution is 2.40. The summed E-state index contributed by atoms with van der Waals surface area (Å²) >= 11 is 7.43. The van der Waals surface area contributed by atoms with Gasteiger partial charge in [0.15, 0.2) is 5.11 Å². The van der Waals surface area contributed by atoms with Crippen molar-refractivity contribution in [2.75, 3.05) is 5.32 Å². The lowest BCUT2D eigenvalue weighted by Crippen LogP contribution is -2.45. The highest BCUT2D eigenvalue weighted by atomic mass is 32.1. The highest BCUT2D eigenvalue weighted by molar-refractivity contribution is 7.80. The second kappa shape index (κ2) is 6.39. The molecule has 2 nitrogen and oxygen atoms in total. The van der Waals surface area contributed by atoms with E-state index in [4.69, 9.17) is 12.2 Å². The first-order valence-corrected chi connectivity index (χ1v) is 9.08. The Kier molecular flexibility index (Phi) is 4.50. The number of thiocarbonyl (C=S) groups is 1. The minimum Gasteiger partial charge on any atom is -0.352 e. The zero-order valence-electron chi connectivity index (χ0n) is 13.1. The van der Waals surface area contributed by atoms with E-state index in [-0.39, 0.29) is 5.54 Å². The molecule has 1 heterocycles. The van der Waals surface area contributed by atoms with Gasteiger partial charge in [-0.15, -0.1) is 11.3 Å². The number of benzene rings is 1. The maximum absolute atomic E-state index is 5.60. The first-order chi connectivity index (χ1) is 10.6. The standard InChI is InChI=1S/C18H22N2S2/c1-13-7-8-14(2)15(12-13)19-17(21)20-18(9-3-4-10-18)16-6-5-11-22-16/h5-8,11-12H,3-4,9-10H2,1-2H3,(H2,19,20,21). The van der Waals surface area contributed by atoms with E-state index in [0.29, 0.717) is 0 Å². The van der Waals surface area contributed by atoms with Gasteiger partial charge in [-0.05, 0) is 67.5 Å². The van der Waals surface area contributed by atoms with Crippen molar-refractivity contribution in [2.45, 2.75) is 45.1 Å². The van der Waals surface area contributed by atoms with E-state index in [1.54, 1.807) is 0 Å². The Morgan fingerprint density at radius 2 is 1.95 bits per heavy atom. The summed E-state index contributed by atoms with van der Waals surface area (Å²) in [6.45, 7) is 4.21. The van der Waals surface area contributed by atoms with E-state index >= 15 is 0 Å². The molecule has 0 aliphatic heterocycles. The van der Waals surface area contributed by atoms with Crippen LogP contribution in [0.3, 0.4) is 0 Å². The van der Waals surface area contributed by atoms with Crippen LogP contribution in [0.15, 0.2) is 35.7 Å². The molecule has 1 aliphatic rings. The van der Waals surface area contributed by atoms with Gasteiger partial charge < -0.3 is 10.6 Å². The summed E-state index contributed by atoms with van der Waals surface area (Å²) < 4.78 is 0. The molecular weight excluding hydrogens is 308 g/mol. The molecule has 1 aromatic heterocycles. The number of hydrogen-bond donors (Lipinski definition) is 2. The monoisotopic (exact) mass is 330 g/mol. The average Bonchev–Trinajstić information content (AvgIpc) is 3.14. The van der Waals surface area contributed by atoms with Gasteiger partial charge >= 0.3 is 0 Å². The van der Waals surface area contributed by atoms with Gasteiger partial charge in [-0.2, -0.15) is 0 Å². The van der Waals surface area contributed by atoms with Gasteiger partial charge in [0.25, 0.3) is 0 Å². The third kappa shape index (κ3) is 3.18. The van der Waals surface area contributed by atoms with E-state index < -0.39 is 0 Å². The van der Waals surface area contributed by atoms with Crippen molar-refractivity contribution >= 4 is 34.4 Å². The van der Waals surface area contributed by atoms with Crippen molar-refractivity contribution in [3.8, 4) is 0 Å². The fourth-order valence-corrected chi connectivity index (χ4v) is 4.45. The van der Waals surface area contributed by atoms with Crippen LogP contribution in [0.25, 0.3) is 0 Å². The van der Waals surface area contributed by atoms with Crippen LogP contribution in [-0.4, -0.2) is 5.11 Å². The zero-order chi connectivity index (χ0) is 15.6. The average molecular weight is 331 g/mol. The first kappa shape index (κ1) is 15.5. The molecule has 1 aliphatic carbocycles. The van der Waals surface area contributed by atoms with Crippen LogP contribution in [0.5, 0.6) is 0 Å². The van der Waals surface area contributed by atoms with E-state index in [2.05, 4.69) is 60.2 Å². The maximum atomic E-state index is 5.60. The van der Waals surface area contributed by atoms with E-state index in [9.17, 15) is 0 Å². The van der Waals surface area contributed by atoms with Crippen LogP contribution in [-0.2, 0) is 5.54 Å². The summed E-state index contributed by atoms with van der Waals surface area (Å²) in [7, 11) is 0. The minimum absolute atomic E-state index is 0.0238. The molecule has 0 spiro atoms. The molecule has 1 saturated carbocycles. The van der Waals surface area contributed by atoms with Crippen molar-refractivity contribution in [1.82, 2.24) is 5.32 Å². The largest absolute Gasteiger partial charge is 0.352 e. The molecule has 0 amide bonds. The van der Waals surface area contributed by atoms with Crippen LogP contribution in [0, 0.1) is 13.8 Å². The van der Waals surface area contributed by atoms with Crippen LogP contribution in [0.1, 0.15) is 41.7 Å². The topological polar surface area (TPSA) is 24.1 Å². The molecule has 3 rings (SSSR count). The molecule has 0 atom stereocenters. The Labute approximate surface area is 142 Å². The van der Waals surface area contributed by atoms with Gasteiger partial charge in [-0.1, -0.05) is 31.0 Å². The van der Waals surface area contributed by atoms with E-state index in [0.717, 1.165) is 23.6 Å². The smallest absolute Gasteiger partial charge is 0.171 e. The fourth-order valence-electron chi connectivity index (χ4n) is 3.20. The van der Waals surface area contributed by atoms with Crippen molar-refractivity contribution in [1.29, 1.82) is 0 Å². The summed E-state index contributed by atoms with van der Waals surface area (Å²) in [5.74, 6) is 0. The molecule has 4 heteroatoms. The number of hydrogen-bond acceptors (Lipinski definition) is 2. The van der Waals surface area contributed by atoms with Gasteiger partial charge in [-0.3, -0.25) is 0 Å². The number of thiophene rings is 1. The third-order valence-electron chi connectivity index (χ3n) is 4.44. The predicted molar refractivity (Wildman–Crippen MR) is 99.7 cm³/mol. The van der Waals surface area contributed by atoms with Gasteiger partial charge in [0.1, 0.15) is 0 Å². The van der Waals surface area contributed by atoms with Gasteiger partial charge in [-0.25, -0.2) is 0 Å². The van der Waals surface area contributed by atoms with Gasteiger partial charge in [0, 0.05) is 10.6 Å². The SMILES string of the molecule is Cc1ccc(C)c(NC(=S)NC2(c3cccs3)CCCC2)c1. The van der Waals surface area contributed by atoms with Crippen LogP contribution >= 0.6 is 23.6 Å². The lowest BCUT2D eigenvalue weighted by Gasteiger charge is -2.31. The maximum Gasteiger partial charge on any atom is 0.171 e. The molecule has 0 radical (unpaired) electrons. The lowest BCUT2D eigenvalue weighted by molar-refractivity contribution is 0.417. The van der Waals surface area contributed by atoms with Crippen molar-refractivity contribution < 1.29 is 0 Å². The molecule has 1 aromatic carbocycles. The summed E-state index contributed by atoms with van der Waals surface area (Å²) in [6, 6.07) is 10.8. The van der Waals surface area contributed by atoms with Crippen molar-refractivity contribution in [3.63, 3.8) is 0 Å². The van der Waals surface area contributed by atoms with Crippen molar-refractivity contribution in [3.05, 3.63) is 51.7 Å². The molecule has 2 N–H and O–H groups in total. The summed E-state index contributed by atoms with van der Waals surface area (Å²) in [6.07, 6.45) is 4.83. The molecule has 0 saturated heterocycles. The van der Waals surface area contributed by atoms with Crippen LogP contribution in [0.2, 0.25) is 0 Å². The Morgan fingerprint density at radius 3 is 2.64 bits per heavy atom. The minimum atomic E-state index is 0.0238. The van der Waals surface area contributed by atoms with Crippen LogP contribution in [0.4, 0.5) is 5.69 Å². The Morgan fingerprint density at radius 1 is 1.18 bits per heavy atom. The van der Waals surface area contributed by atoms with Gasteiger partial charge in [0.2, 0.25) is 0 Å². The Bertz CT molecular complexity index is 656. The molecule has 0 bridgehead atoms. The number of rotatable bonds is 3. The summed E-state index contributed by atoms with van der Waals surface area (Å²) in [5, 5.41) is 9.89. The Hall–Kier alpha value is -1.39. The zero-order valence-corrected chi connectivity index (χ0v) is 14.7. The molecule has 2 aromatic rings. The van der Waals surface area contributed by atoms with E-state index in [1.165, 1.54) is 28.8 Å². The number of nitrogens with one attached hydrogen (secondary N) is 2. The molecule has 1 fully saturated rings. The first-order valence-electron chi connectivity index (χ1n) is 7.79. The van der Waals surface area contributed by atoms with Crippen molar-refractivity contribution in [2.24, 2.45) is 0 Å². The number of anilines is 1. The van der Waals surface area contributed by atoms with Gasteiger partial charge in [0.05, 0.1) is 5.54 Å². The normalized spacial score (nSPS) is 16.5. The molecule has 116 valence electrons. The van der Waals surface area contributed by atoms with Crippen LogP contribution < -0.4 is 10.6 Å². The molecule has 0 unspecified atom stereocenters. The van der Waals surface area contributed by atoms with E-state index in [1.807, 2.05) is 11.3 Å². The third-order valence-corrected chi connectivity index (χ3v) is 5.72. The quantitative estimate of drug-likeness (QED) is 0.764. The predicted octanol–water partition coefficient (Wildman–Crippen LogP) is 5.12. The second-order valence-corrected chi connectivity index (χ2v) is 7.52. The number of aryl methyl sites for hydroxylation is 2. The second-order valence-electron chi connectivity index (χ2n) is 6.16. The summed E-state index contributed by atoms with van der Waals surface area (Å²) in [4.78, 5) is 1.40. The molecular formula is C18H22N2S2. The lowest BCUT2D eigenvalue weighted by atomic mass is 9.96. The fraction of sp³-hybridized carbons (Fsp3) is 0.389. The summed E-state index contributed by atoms with van der Waals surface area (Å²) in [5.41, 5.74) is 3.57. The highest BCUT2D eigenvalue weighted by Gasteiger charge is 2.37.